The predicted octanol–water partition coefficient (Wildman–Crippen LogP) is 4.56. The molecule has 1 heterocycles. The Labute approximate surface area is 187 Å². The van der Waals surface area contributed by atoms with Crippen molar-refractivity contribution in [3.63, 3.8) is 0 Å². The molecule has 0 spiro atoms. The Hall–Kier alpha value is -2.67. The number of rotatable bonds is 5. The summed E-state index contributed by atoms with van der Waals surface area (Å²) in [6.07, 6.45) is 0. The number of thiol groups is 2. The van der Waals surface area contributed by atoms with Crippen LogP contribution in [0.1, 0.15) is 54.0 Å². The number of anilines is 1. The number of ether oxygens (including phenoxy) is 1. The lowest BCUT2D eigenvalue weighted by molar-refractivity contribution is -0.0975. The van der Waals surface area contributed by atoms with Gasteiger partial charge in [0.05, 0.1) is 28.4 Å². The molecule has 1 aliphatic heterocycles. The fourth-order valence-electron chi connectivity index (χ4n) is 2.31. The van der Waals surface area contributed by atoms with Crippen LogP contribution >= 0.6 is 23.3 Å². The van der Waals surface area contributed by atoms with E-state index in [1.807, 2.05) is 33.8 Å². The van der Waals surface area contributed by atoms with Gasteiger partial charge >= 0.3 is 0 Å². The van der Waals surface area contributed by atoms with Crippen LogP contribution in [0.15, 0.2) is 42.5 Å². The monoisotopic (exact) mass is 449 g/mol. The quantitative estimate of drug-likeness (QED) is 0.203. The first-order chi connectivity index (χ1) is 14.6. The van der Waals surface area contributed by atoms with Crippen LogP contribution in [0.25, 0.3) is 0 Å². The van der Waals surface area contributed by atoms with Crippen molar-refractivity contribution in [1.82, 2.24) is 5.06 Å². The standard InChI is InChI=1S/C17H13N3O4.2C2H6.H2S2/c18-10-11-5-6-15(14(19)9-11)23-7-8-24-20-16(21)12-3-1-2-4-13(12)17(20)22;3*1-2/h1-6,9H,7-8,19H2;2*1-2H3;1-2H. The minimum absolute atomic E-state index is 0.00902. The van der Waals surface area contributed by atoms with Gasteiger partial charge in [-0.3, -0.25) is 14.4 Å². The van der Waals surface area contributed by atoms with Crippen molar-refractivity contribution in [2.45, 2.75) is 27.7 Å². The Morgan fingerprint density at radius 2 is 1.50 bits per heavy atom. The minimum atomic E-state index is -0.492. The number of benzene rings is 2. The molecule has 1 aliphatic rings. The van der Waals surface area contributed by atoms with E-state index >= 15 is 0 Å². The van der Waals surface area contributed by atoms with Crippen LogP contribution in [-0.4, -0.2) is 30.1 Å². The Morgan fingerprint density at radius 1 is 0.967 bits per heavy atom. The number of nitrogens with two attached hydrogens (primary N) is 1. The number of imide groups is 1. The van der Waals surface area contributed by atoms with Gasteiger partial charge in [-0.2, -0.15) is 5.26 Å². The maximum Gasteiger partial charge on any atom is 0.285 e. The number of nitrogens with zero attached hydrogens (tertiary/aromatic N) is 2. The number of amides is 2. The number of nitriles is 1. The number of carbonyl (C=O) groups excluding carboxylic acids is 2. The Morgan fingerprint density at radius 3 is 1.97 bits per heavy atom. The summed E-state index contributed by atoms with van der Waals surface area (Å²) in [5.41, 5.74) is 7.17. The van der Waals surface area contributed by atoms with Crippen LogP contribution in [0.5, 0.6) is 5.75 Å². The smallest absolute Gasteiger partial charge is 0.285 e. The van der Waals surface area contributed by atoms with Crippen LogP contribution in [0.2, 0.25) is 0 Å². The summed E-state index contributed by atoms with van der Waals surface area (Å²) < 4.78 is 5.44. The van der Waals surface area contributed by atoms with Crippen LogP contribution in [0, 0.1) is 11.3 Å². The third-order valence-corrected chi connectivity index (χ3v) is 3.46. The summed E-state index contributed by atoms with van der Waals surface area (Å²) in [6, 6.07) is 13.2. The Balaban J connectivity index is 0.00000129. The minimum Gasteiger partial charge on any atom is -0.489 e. The van der Waals surface area contributed by atoms with E-state index in [-0.39, 0.29) is 13.2 Å². The van der Waals surface area contributed by atoms with Gasteiger partial charge in [-0.25, -0.2) is 0 Å². The van der Waals surface area contributed by atoms with E-state index in [0.717, 1.165) is 5.06 Å². The first kappa shape index (κ1) is 27.3. The topological polar surface area (TPSA) is 106 Å². The molecule has 2 aromatic carbocycles. The van der Waals surface area contributed by atoms with Crippen molar-refractivity contribution in [1.29, 1.82) is 5.26 Å². The predicted molar refractivity (Wildman–Crippen MR) is 125 cm³/mol. The first-order valence-electron chi connectivity index (χ1n) is 9.35. The van der Waals surface area contributed by atoms with E-state index in [2.05, 4.69) is 23.3 Å². The van der Waals surface area contributed by atoms with Crippen molar-refractivity contribution < 1.29 is 19.2 Å². The molecule has 0 fully saturated rings. The van der Waals surface area contributed by atoms with Gasteiger partial charge in [0.2, 0.25) is 0 Å². The van der Waals surface area contributed by atoms with E-state index < -0.39 is 11.8 Å². The lowest BCUT2D eigenvalue weighted by atomic mass is 10.1. The van der Waals surface area contributed by atoms with Gasteiger partial charge < -0.3 is 10.5 Å². The van der Waals surface area contributed by atoms with Crippen LogP contribution < -0.4 is 10.5 Å². The number of carbonyl (C=O) groups is 2. The molecule has 7 nitrogen and oxygen atoms in total. The van der Waals surface area contributed by atoms with Gasteiger partial charge in [0.25, 0.3) is 11.8 Å². The molecule has 162 valence electrons. The number of hydrogen-bond acceptors (Lipinski definition) is 8. The summed E-state index contributed by atoms with van der Waals surface area (Å²) in [5, 5.41) is 9.51. The highest BCUT2D eigenvalue weighted by Gasteiger charge is 2.36. The van der Waals surface area contributed by atoms with Crippen molar-refractivity contribution in [2.75, 3.05) is 18.9 Å². The number of fused-ring (bicyclic) bond motifs is 1. The third-order valence-electron chi connectivity index (χ3n) is 3.46. The lowest BCUT2D eigenvalue weighted by Gasteiger charge is -2.14. The zero-order valence-corrected chi connectivity index (χ0v) is 19.2. The fourth-order valence-corrected chi connectivity index (χ4v) is 2.31. The second-order valence-electron chi connectivity index (χ2n) is 5.00. The van der Waals surface area contributed by atoms with Crippen LogP contribution in [-0.2, 0) is 4.84 Å². The SMILES string of the molecule is CC.CC.N#Cc1ccc(OCCON2C(=O)c3ccccc3C2=O)c(N)c1.SS. The first-order valence-corrected chi connectivity index (χ1v) is 10.9. The van der Waals surface area contributed by atoms with Crippen molar-refractivity contribution >= 4 is 40.8 Å². The molecule has 0 aliphatic carbocycles. The summed E-state index contributed by atoms with van der Waals surface area (Å²) in [7, 11) is 0. The fraction of sp³-hybridized carbons (Fsp3) is 0.286. The normalized spacial score (nSPS) is 10.9. The number of nitrogen functional groups attached to an aromatic ring is 1. The molecule has 2 aromatic rings. The molecule has 2 N–H and O–H groups in total. The van der Waals surface area contributed by atoms with E-state index in [1.165, 1.54) is 6.07 Å². The molecule has 0 aromatic heterocycles. The van der Waals surface area contributed by atoms with Gasteiger partial charge in [0.15, 0.2) is 0 Å². The molecule has 0 saturated heterocycles. The maximum absolute atomic E-state index is 12.1. The number of hydroxylamine groups is 2. The molecular weight excluding hydrogens is 422 g/mol. The zero-order chi connectivity index (χ0) is 23.1. The summed E-state index contributed by atoms with van der Waals surface area (Å²) in [5.74, 6) is -0.582. The van der Waals surface area contributed by atoms with Crippen LogP contribution in [0.4, 0.5) is 5.69 Å². The van der Waals surface area contributed by atoms with Gasteiger partial charge in [-0.05, 0) is 30.3 Å². The summed E-state index contributed by atoms with van der Waals surface area (Å²) in [6.45, 7) is 8.08. The summed E-state index contributed by atoms with van der Waals surface area (Å²) in [4.78, 5) is 29.4. The highest BCUT2D eigenvalue weighted by molar-refractivity contribution is 8.59. The van der Waals surface area contributed by atoms with Gasteiger partial charge in [0, 0.05) is 0 Å². The molecule has 0 atom stereocenters. The zero-order valence-electron chi connectivity index (χ0n) is 17.5. The second-order valence-corrected chi connectivity index (χ2v) is 5.00. The van der Waals surface area contributed by atoms with E-state index in [1.54, 1.807) is 36.4 Å². The Bertz CT molecular complexity index is 835. The van der Waals surface area contributed by atoms with Crippen molar-refractivity contribution in [2.24, 2.45) is 0 Å². The molecule has 0 bridgehead atoms. The van der Waals surface area contributed by atoms with Gasteiger partial charge in [-0.15, -0.1) is 28.4 Å². The summed E-state index contributed by atoms with van der Waals surface area (Å²) >= 11 is 6.44. The Kier molecular flexibility index (Phi) is 13.9. The maximum atomic E-state index is 12.1. The highest BCUT2D eigenvalue weighted by Crippen LogP contribution is 2.24. The van der Waals surface area contributed by atoms with Gasteiger partial charge in [-0.1, -0.05) is 39.8 Å². The van der Waals surface area contributed by atoms with Crippen molar-refractivity contribution in [3.05, 3.63) is 59.2 Å². The lowest BCUT2D eigenvalue weighted by Crippen LogP contribution is -2.31. The molecular formula is C21H27N3O4S2. The van der Waals surface area contributed by atoms with Crippen molar-refractivity contribution in [3.8, 4) is 11.8 Å². The largest absolute Gasteiger partial charge is 0.489 e. The average molecular weight is 450 g/mol. The molecule has 0 unspecified atom stereocenters. The average Bonchev–Trinajstić information content (AvgIpc) is 3.06. The molecule has 3 rings (SSSR count). The molecule has 2 amide bonds. The number of hydrogen-bond donors (Lipinski definition) is 3. The van der Waals surface area contributed by atoms with E-state index in [4.69, 9.17) is 20.6 Å². The van der Waals surface area contributed by atoms with Crippen LogP contribution in [0.3, 0.4) is 0 Å². The molecule has 9 heteroatoms. The van der Waals surface area contributed by atoms with E-state index in [9.17, 15) is 9.59 Å². The van der Waals surface area contributed by atoms with Gasteiger partial charge in [0.1, 0.15) is 19.0 Å². The second kappa shape index (κ2) is 15.2. The molecule has 30 heavy (non-hydrogen) atoms. The molecule has 0 saturated carbocycles. The van der Waals surface area contributed by atoms with E-state index in [0.29, 0.717) is 28.1 Å². The third kappa shape index (κ3) is 6.99. The molecule has 0 radical (unpaired) electrons. The highest BCUT2D eigenvalue weighted by atomic mass is 33.1.